The summed E-state index contributed by atoms with van der Waals surface area (Å²) in [6.45, 7) is 7.92. The van der Waals surface area contributed by atoms with Gasteiger partial charge in [-0.25, -0.2) is 4.99 Å². The van der Waals surface area contributed by atoms with Crippen molar-refractivity contribution < 1.29 is 4.52 Å². The van der Waals surface area contributed by atoms with Crippen LogP contribution in [0.3, 0.4) is 0 Å². The summed E-state index contributed by atoms with van der Waals surface area (Å²) in [6.07, 6.45) is 0.827. The number of guanidine groups is 1. The molecule has 140 valence electrons. The van der Waals surface area contributed by atoms with Crippen LogP contribution in [0.2, 0.25) is 10.2 Å². The maximum atomic E-state index is 6.08. The molecule has 25 heavy (non-hydrogen) atoms. The zero-order valence-electron chi connectivity index (χ0n) is 14.8. The highest BCUT2D eigenvalue weighted by Gasteiger charge is 2.10. The number of rotatable bonds is 6. The van der Waals surface area contributed by atoms with E-state index in [1.807, 2.05) is 38.5 Å². The van der Waals surface area contributed by atoms with Gasteiger partial charge in [-0.15, -0.1) is 24.0 Å². The topological polar surface area (TPSA) is 67.4 Å². The summed E-state index contributed by atoms with van der Waals surface area (Å²) < 4.78 is 7.02. The molecule has 0 radical (unpaired) electrons. The lowest BCUT2D eigenvalue weighted by Gasteiger charge is -2.11. The lowest BCUT2D eigenvalue weighted by atomic mass is 10.1. The van der Waals surface area contributed by atoms with Crippen molar-refractivity contribution in [1.82, 2.24) is 20.4 Å². The number of nitrogens with one attached hydrogen (secondary N) is 2. The highest BCUT2D eigenvalue weighted by molar-refractivity contribution is 14.0. The second kappa shape index (κ2) is 10.3. The van der Waals surface area contributed by atoms with E-state index in [0.29, 0.717) is 16.7 Å². The molecule has 0 aromatic carbocycles. The molecule has 2 heterocycles. The van der Waals surface area contributed by atoms with Crippen molar-refractivity contribution in [3.05, 3.63) is 39.0 Å². The Morgan fingerprint density at radius 1 is 1.32 bits per heavy atom. The minimum Gasteiger partial charge on any atom is -0.361 e. The SMILES string of the molecule is CCNC(=NCc1cc(Cl)c(Cl)n1C)NCCc1c(C)noc1C.I. The summed E-state index contributed by atoms with van der Waals surface area (Å²) in [5, 5.41) is 11.6. The van der Waals surface area contributed by atoms with E-state index in [-0.39, 0.29) is 24.0 Å². The summed E-state index contributed by atoms with van der Waals surface area (Å²) in [6, 6.07) is 1.83. The van der Waals surface area contributed by atoms with Crippen LogP contribution in [-0.2, 0) is 20.0 Å². The van der Waals surface area contributed by atoms with Gasteiger partial charge in [-0.1, -0.05) is 28.4 Å². The maximum absolute atomic E-state index is 6.08. The molecule has 0 amide bonds. The fraction of sp³-hybridized carbons (Fsp3) is 0.500. The first-order valence-electron chi connectivity index (χ1n) is 7.87. The van der Waals surface area contributed by atoms with Crippen LogP contribution in [-0.4, -0.2) is 28.8 Å². The van der Waals surface area contributed by atoms with Gasteiger partial charge < -0.3 is 19.7 Å². The molecule has 0 aliphatic rings. The molecular weight excluding hydrogens is 476 g/mol. The van der Waals surface area contributed by atoms with Crippen LogP contribution in [0.4, 0.5) is 0 Å². The quantitative estimate of drug-likeness (QED) is 0.360. The fourth-order valence-corrected chi connectivity index (χ4v) is 2.82. The zero-order valence-corrected chi connectivity index (χ0v) is 18.7. The minimum atomic E-state index is 0. The van der Waals surface area contributed by atoms with Crippen LogP contribution in [0.1, 0.15) is 29.6 Å². The van der Waals surface area contributed by atoms with Crippen molar-refractivity contribution in [2.75, 3.05) is 13.1 Å². The Hall–Kier alpha value is -0.930. The van der Waals surface area contributed by atoms with Crippen LogP contribution in [0.15, 0.2) is 15.6 Å². The van der Waals surface area contributed by atoms with Gasteiger partial charge in [0.05, 0.1) is 17.3 Å². The lowest BCUT2D eigenvalue weighted by molar-refractivity contribution is 0.392. The molecule has 6 nitrogen and oxygen atoms in total. The van der Waals surface area contributed by atoms with Gasteiger partial charge in [0.2, 0.25) is 0 Å². The number of aryl methyl sites for hydroxylation is 2. The number of aliphatic imine (C=N–C) groups is 1. The standard InChI is InChI=1S/C16H23Cl2N5O.HI/c1-5-19-16(20-7-6-13-10(2)22-24-11(13)3)21-9-12-8-14(17)15(18)23(12)4;/h8H,5-7,9H2,1-4H3,(H2,19,20,21);1H. The van der Waals surface area contributed by atoms with Crippen LogP contribution in [0.25, 0.3) is 0 Å². The third-order valence-corrected chi connectivity index (χ3v) is 4.65. The van der Waals surface area contributed by atoms with Crippen molar-refractivity contribution in [3.8, 4) is 0 Å². The monoisotopic (exact) mass is 499 g/mol. The predicted molar refractivity (Wildman–Crippen MR) is 113 cm³/mol. The van der Waals surface area contributed by atoms with Gasteiger partial charge in [0, 0.05) is 31.4 Å². The van der Waals surface area contributed by atoms with Crippen molar-refractivity contribution in [2.24, 2.45) is 12.0 Å². The van der Waals surface area contributed by atoms with Crippen molar-refractivity contribution >= 4 is 53.1 Å². The second-order valence-electron chi connectivity index (χ2n) is 5.51. The third kappa shape index (κ3) is 5.79. The van der Waals surface area contributed by atoms with E-state index < -0.39 is 0 Å². The molecule has 0 atom stereocenters. The van der Waals surface area contributed by atoms with Gasteiger partial charge in [0.15, 0.2) is 5.96 Å². The first-order valence-corrected chi connectivity index (χ1v) is 8.63. The second-order valence-corrected chi connectivity index (χ2v) is 6.27. The maximum Gasteiger partial charge on any atom is 0.191 e. The lowest BCUT2D eigenvalue weighted by Crippen LogP contribution is -2.38. The fourth-order valence-electron chi connectivity index (χ4n) is 2.41. The van der Waals surface area contributed by atoms with E-state index in [9.17, 15) is 0 Å². The van der Waals surface area contributed by atoms with Crippen molar-refractivity contribution in [1.29, 1.82) is 0 Å². The van der Waals surface area contributed by atoms with Crippen molar-refractivity contribution in [2.45, 2.75) is 33.7 Å². The smallest absolute Gasteiger partial charge is 0.191 e. The molecule has 0 fully saturated rings. The largest absolute Gasteiger partial charge is 0.361 e. The van der Waals surface area contributed by atoms with Gasteiger partial charge >= 0.3 is 0 Å². The van der Waals surface area contributed by atoms with Crippen LogP contribution < -0.4 is 10.6 Å². The minimum absolute atomic E-state index is 0. The Kier molecular flexibility index (Phi) is 9.09. The normalized spacial score (nSPS) is 11.4. The van der Waals surface area contributed by atoms with Gasteiger partial charge in [-0.3, -0.25) is 0 Å². The van der Waals surface area contributed by atoms with E-state index in [0.717, 1.165) is 48.2 Å². The molecule has 0 saturated carbocycles. The molecule has 2 N–H and O–H groups in total. The first kappa shape index (κ1) is 22.1. The highest BCUT2D eigenvalue weighted by atomic mass is 127. The number of hydrogen-bond donors (Lipinski definition) is 2. The average Bonchev–Trinajstić information content (AvgIpc) is 3.00. The van der Waals surface area contributed by atoms with Gasteiger partial charge in [0.25, 0.3) is 0 Å². The third-order valence-electron chi connectivity index (χ3n) is 3.81. The summed E-state index contributed by atoms with van der Waals surface area (Å²) in [7, 11) is 1.87. The molecule has 0 unspecified atom stereocenters. The van der Waals surface area contributed by atoms with Gasteiger partial charge in [0.1, 0.15) is 10.9 Å². The van der Waals surface area contributed by atoms with Crippen LogP contribution >= 0.6 is 47.2 Å². The zero-order chi connectivity index (χ0) is 17.7. The van der Waals surface area contributed by atoms with E-state index in [1.54, 1.807) is 0 Å². The predicted octanol–water partition coefficient (Wildman–Crippen LogP) is 3.85. The Bertz CT molecular complexity index is 707. The van der Waals surface area contributed by atoms with Crippen LogP contribution in [0.5, 0.6) is 0 Å². The van der Waals surface area contributed by atoms with E-state index in [1.165, 1.54) is 0 Å². The molecule has 0 bridgehead atoms. The van der Waals surface area contributed by atoms with E-state index in [4.69, 9.17) is 27.7 Å². The van der Waals surface area contributed by atoms with Gasteiger partial charge in [-0.2, -0.15) is 0 Å². The Balaban J connectivity index is 0.00000312. The Morgan fingerprint density at radius 2 is 2.04 bits per heavy atom. The number of nitrogens with zero attached hydrogens (tertiary/aromatic N) is 3. The molecule has 0 spiro atoms. The molecule has 0 saturated heterocycles. The number of halogens is 3. The van der Waals surface area contributed by atoms with Crippen molar-refractivity contribution in [3.63, 3.8) is 0 Å². The van der Waals surface area contributed by atoms with Crippen LogP contribution in [0, 0.1) is 13.8 Å². The molecule has 2 aromatic heterocycles. The number of aromatic nitrogens is 2. The van der Waals surface area contributed by atoms with Gasteiger partial charge in [-0.05, 0) is 33.3 Å². The summed E-state index contributed by atoms with van der Waals surface area (Å²) in [5.41, 5.74) is 3.02. The average molecular weight is 500 g/mol. The summed E-state index contributed by atoms with van der Waals surface area (Å²) in [4.78, 5) is 4.58. The summed E-state index contributed by atoms with van der Waals surface area (Å²) in [5.74, 6) is 1.61. The molecule has 0 aliphatic heterocycles. The molecule has 0 aliphatic carbocycles. The Morgan fingerprint density at radius 3 is 2.56 bits per heavy atom. The number of hydrogen-bond acceptors (Lipinski definition) is 3. The molecule has 2 rings (SSSR count). The Labute approximate surface area is 175 Å². The molecule has 9 heteroatoms. The molecule has 2 aromatic rings. The summed E-state index contributed by atoms with van der Waals surface area (Å²) >= 11 is 12.1. The highest BCUT2D eigenvalue weighted by Crippen LogP contribution is 2.25. The first-order chi connectivity index (χ1) is 11.4. The molecular formula is C16H24Cl2IN5O. The van der Waals surface area contributed by atoms with E-state index in [2.05, 4.69) is 20.8 Å². The van der Waals surface area contributed by atoms with E-state index >= 15 is 0 Å².